The van der Waals surface area contributed by atoms with Crippen molar-refractivity contribution in [1.29, 1.82) is 0 Å². The number of phenols is 1. The summed E-state index contributed by atoms with van der Waals surface area (Å²) in [5, 5.41) is 10.8. The van der Waals surface area contributed by atoms with E-state index in [0.29, 0.717) is 0 Å². The molecule has 1 N–H and O–H groups in total. The van der Waals surface area contributed by atoms with E-state index in [2.05, 4.69) is 27.0 Å². The van der Waals surface area contributed by atoms with Crippen molar-refractivity contribution in [2.24, 2.45) is 0 Å². The molecular weight excluding hydrogens is 302 g/mol. The minimum atomic E-state index is 0.275. The van der Waals surface area contributed by atoms with Gasteiger partial charge in [0.2, 0.25) is 0 Å². The number of aromatic hydroxyl groups is 1. The molecule has 1 aromatic heterocycles. The van der Waals surface area contributed by atoms with Gasteiger partial charge in [-0.25, -0.2) is 0 Å². The Balaban J connectivity index is 2.40. The van der Waals surface area contributed by atoms with E-state index in [0.717, 1.165) is 32.1 Å². The maximum Gasteiger partial charge on any atom is 0.116 e. The molecule has 0 spiro atoms. The number of fused-ring (bicyclic) bond motifs is 1. The number of hydrogen-bond acceptors (Lipinski definition) is 2. The molecule has 0 amide bonds. The van der Waals surface area contributed by atoms with Gasteiger partial charge in [0.15, 0.2) is 0 Å². The summed E-state index contributed by atoms with van der Waals surface area (Å²) in [5.74, 6) is 0.275. The highest BCUT2D eigenvalue weighted by Gasteiger charge is 2.10. The monoisotopic (exact) mass is 313 g/mol. The third kappa shape index (κ3) is 2.10. The van der Waals surface area contributed by atoms with Crippen molar-refractivity contribution < 1.29 is 5.11 Å². The Hall–Kier alpha value is -1.87. The summed E-state index contributed by atoms with van der Waals surface area (Å²) >= 11 is 3.53. The molecule has 0 atom stereocenters. The van der Waals surface area contributed by atoms with Crippen LogP contribution in [-0.2, 0) is 0 Å². The summed E-state index contributed by atoms with van der Waals surface area (Å²) < 4.78 is 0.978. The fourth-order valence-corrected chi connectivity index (χ4v) is 2.80. The van der Waals surface area contributed by atoms with E-state index in [-0.39, 0.29) is 5.75 Å². The second kappa shape index (κ2) is 4.67. The minimum Gasteiger partial charge on any atom is -0.508 e. The Bertz CT molecular complexity index is 768. The first-order valence-electron chi connectivity index (χ1n) is 6.00. The van der Waals surface area contributed by atoms with Crippen LogP contribution in [0.1, 0.15) is 5.56 Å². The van der Waals surface area contributed by atoms with E-state index in [1.54, 1.807) is 12.1 Å². The van der Waals surface area contributed by atoms with Crippen LogP contribution in [0.25, 0.3) is 22.0 Å². The first-order chi connectivity index (χ1) is 9.16. The topological polar surface area (TPSA) is 33.1 Å². The summed E-state index contributed by atoms with van der Waals surface area (Å²) in [4.78, 5) is 4.48. The van der Waals surface area contributed by atoms with Gasteiger partial charge in [-0.3, -0.25) is 4.98 Å². The van der Waals surface area contributed by atoms with Crippen molar-refractivity contribution >= 4 is 26.8 Å². The minimum absolute atomic E-state index is 0.275. The van der Waals surface area contributed by atoms with E-state index in [9.17, 15) is 5.11 Å². The lowest BCUT2D eigenvalue weighted by Crippen LogP contribution is -1.90. The molecule has 0 unspecified atom stereocenters. The van der Waals surface area contributed by atoms with Crippen molar-refractivity contribution in [1.82, 2.24) is 4.98 Å². The zero-order valence-corrected chi connectivity index (χ0v) is 12.0. The Morgan fingerprint density at radius 3 is 2.68 bits per heavy atom. The molecule has 0 aliphatic carbocycles. The molecule has 0 bridgehead atoms. The quantitative estimate of drug-likeness (QED) is 0.707. The van der Waals surface area contributed by atoms with Gasteiger partial charge in [0, 0.05) is 16.1 Å². The number of phenolic OH excluding ortho intramolecular Hbond substituents is 1. The van der Waals surface area contributed by atoms with Crippen molar-refractivity contribution in [3.8, 4) is 16.9 Å². The lowest BCUT2D eigenvalue weighted by atomic mass is 9.97. The summed E-state index contributed by atoms with van der Waals surface area (Å²) in [6.45, 7) is 2.03. The van der Waals surface area contributed by atoms with Crippen LogP contribution in [0, 0.1) is 6.92 Å². The maximum absolute atomic E-state index is 9.67. The van der Waals surface area contributed by atoms with Gasteiger partial charge in [-0.05, 0) is 57.7 Å². The molecule has 3 aromatic rings. The summed E-state index contributed by atoms with van der Waals surface area (Å²) in [7, 11) is 0. The molecule has 94 valence electrons. The fraction of sp³-hybridized carbons (Fsp3) is 0.0625. The Kier molecular flexibility index (Phi) is 2.99. The Labute approximate surface area is 119 Å². The third-order valence-corrected chi connectivity index (χ3v) is 3.81. The largest absolute Gasteiger partial charge is 0.508 e. The van der Waals surface area contributed by atoms with Crippen LogP contribution in [-0.4, -0.2) is 10.1 Å². The normalized spacial score (nSPS) is 10.8. The Morgan fingerprint density at radius 2 is 1.89 bits per heavy atom. The number of nitrogens with zero attached hydrogens (tertiary/aromatic N) is 1. The molecule has 3 heteroatoms. The number of hydrogen-bond donors (Lipinski definition) is 1. The summed E-state index contributed by atoms with van der Waals surface area (Å²) in [6.07, 6.45) is 1.87. The van der Waals surface area contributed by atoms with E-state index in [1.165, 1.54) is 0 Å². The fourth-order valence-electron chi connectivity index (χ4n) is 2.33. The smallest absolute Gasteiger partial charge is 0.116 e. The average molecular weight is 314 g/mol. The molecule has 0 saturated carbocycles. The third-order valence-electron chi connectivity index (χ3n) is 3.17. The lowest BCUT2D eigenvalue weighted by Gasteiger charge is -2.11. The molecule has 1 heterocycles. The molecule has 2 nitrogen and oxygen atoms in total. The molecule has 19 heavy (non-hydrogen) atoms. The lowest BCUT2D eigenvalue weighted by molar-refractivity contribution is 0.475. The molecular formula is C16H12BrNO. The van der Waals surface area contributed by atoms with Gasteiger partial charge in [-0.15, -0.1) is 0 Å². The van der Waals surface area contributed by atoms with E-state index in [4.69, 9.17) is 0 Å². The van der Waals surface area contributed by atoms with Gasteiger partial charge in [-0.2, -0.15) is 0 Å². The zero-order chi connectivity index (χ0) is 13.4. The average Bonchev–Trinajstić information content (AvgIpc) is 2.38. The van der Waals surface area contributed by atoms with Gasteiger partial charge in [0.1, 0.15) is 5.75 Å². The predicted octanol–water partition coefficient (Wildman–Crippen LogP) is 4.68. The molecule has 0 fully saturated rings. The van der Waals surface area contributed by atoms with Gasteiger partial charge in [0.25, 0.3) is 0 Å². The van der Waals surface area contributed by atoms with E-state index in [1.807, 2.05) is 37.4 Å². The van der Waals surface area contributed by atoms with Crippen LogP contribution in [0.4, 0.5) is 0 Å². The van der Waals surface area contributed by atoms with Crippen LogP contribution < -0.4 is 0 Å². The second-order valence-electron chi connectivity index (χ2n) is 4.50. The predicted molar refractivity (Wildman–Crippen MR) is 81.3 cm³/mol. The van der Waals surface area contributed by atoms with Crippen LogP contribution >= 0.6 is 15.9 Å². The van der Waals surface area contributed by atoms with Gasteiger partial charge in [-0.1, -0.05) is 24.3 Å². The van der Waals surface area contributed by atoms with Crippen LogP contribution in [0.3, 0.4) is 0 Å². The molecule has 0 radical (unpaired) electrons. The number of pyridine rings is 1. The molecule has 3 rings (SSSR count). The number of aryl methyl sites for hydroxylation is 1. The SMILES string of the molecule is Cc1cnc2c(Br)cccc2c1-c1cccc(O)c1. The van der Waals surface area contributed by atoms with Crippen LogP contribution in [0.5, 0.6) is 5.75 Å². The number of halogens is 1. The zero-order valence-electron chi connectivity index (χ0n) is 10.4. The molecule has 0 aliphatic heterocycles. The van der Waals surface area contributed by atoms with Crippen molar-refractivity contribution in [2.45, 2.75) is 6.92 Å². The first-order valence-corrected chi connectivity index (χ1v) is 6.79. The van der Waals surface area contributed by atoms with Crippen molar-refractivity contribution in [3.63, 3.8) is 0 Å². The highest BCUT2D eigenvalue weighted by molar-refractivity contribution is 9.10. The number of rotatable bonds is 1. The highest BCUT2D eigenvalue weighted by Crippen LogP contribution is 2.34. The van der Waals surface area contributed by atoms with Gasteiger partial charge in [0.05, 0.1) is 5.52 Å². The van der Waals surface area contributed by atoms with E-state index < -0.39 is 0 Å². The summed E-state index contributed by atoms with van der Waals surface area (Å²) in [5.41, 5.74) is 4.15. The maximum atomic E-state index is 9.67. The van der Waals surface area contributed by atoms with Crippen LogP contribution in [0.2, 0.25) is 0 Å². The second-order valence-corrected chi connectivity index (χ2v) is 5.36. The van der Waals surface area contributed by atoms with Crippen molar-refractivity contribution in [2.75, 3.05) is 0 Å². The molecule has 2 aromatic carbocycles. The standard InChI is InChI=1S/C16H12BrNO/c1-10-9-18-16-13(6-3-7-14(16)17)15(10)11-4-2-5-12(19)8-11/h2-9,19H,1H3. The molecule has 0 aliphatic rings. The highest BCUT2D eigenvalue weighted by atomic mass is 79.9. The first kappa shape index (κ1) is 12.2. The summed E-state index contributed by atoms with van der Waals surface area (Å²) in [6, 6.07) is 13.4. The molecule has 0 saturated heterocycles. The number of aromatic nitrogens is 1. The van der Waals surface area contributed by atoms with E-state index >= 15 is 0 Å². The Morgan fingerprint density at radius 1 is 1.11 bits per heavy atom. The van der Waals surface area contributed by atoms with Gasteiger partial charge >= 0.3 is 0 Å². The number of para-hydroxylation sites is 1. The number of benzene rings is 2. The van der Waals surface area contributed by atoms with Gasteiger partial charge < -0.3 is 5.11 Å². The van der Waals surface area contributed by atoms with Crippen LogP contribution in [0.15, 0.2) is 53.1 Å². The van der Waals surface area contributed by atoms with Crippen molar-refractivity contribution in [3.05, 3.63) is 58.7 Å².